The number of rotatable bonds is 7. The normalized spacial score (nSPS) is 15.7. The van der Waals surface area contributed by atoms with Crippen molar-refractivity contribution in [3.8, 4) is 0 Å². The van der Waals surface area contributed by atoms with E-state index >= 15 is 0 Å². The summed E-state index contributed by atoms with van der Waals surface area (Å²) < 4.78 is 50.3. The van der Waals surface area contributed by atoms with E-state index in [9.17, 15) is 16.8 Å². The third kappa shape index (κ3) is 5.31. The second-order valence-electron chi connectivity index (χ2n) is 6.94. The number of anilines is 1. The number of hydrogen-bond acceptors (Lipinski definition) is 4. The molecule has 0 radical (unpaired) electrons. The highest BCUT2D eigenvalue weighted by Gasteiger charge is 2.19. The first-order valence-electron chi connectivity index (χ1n) is 8.96. The zero-order valence-electron chi connectivity index (χ0n) is 15.0. The van der Waals surface area contributed by atoms with Gasteiger partial charge in [0.15, 0.2) is 0 Å². The van der Waals surface area contributed by atoms with Crippen LogP contribution in [0.2, 0.25) is 0 Å². The van der Waals surface area contributed by atoms with Crippen LogP contribution in [-0.2, 0) is 26.5 Å². The summed E-state index contributed by atoms with van der Waals surface area (Å²) in [7, 11) is -7.72. The first kappa shape index (κ1) is 19.9. The van der Waals surface area contributed by atoms with Crippen molar-refractivity contribution in [1.82, 2.24) is 0 Å². The Bertz CT molecular complexity index is 994. The summed E-state index contributed by atoms with van der Waals surface area (Å²) in [6, 6.07) is 13.8. The lowest BCUT2D eigenvalue weighted by molar-refractivity contribution is 0.598. The molecule has 0 aromatic heterocycles. The van der Waals surface area contributed by atoms with Gasteiger partial charge in [0.1, 0.15) is 4.90 Å². The molecule has 1 aliphatic carbocycles. The van der Waals surface area contributed by atoms with Crippen LogP contribution in [0.3, 0.4) is 0 Å². The van der Waals surface area contributed by atoms with Crippen LogP contribution in [0.5, 0.6) is 0 Å². The molecular formula is C19H24N2O4S2. The summed E-state index contributed by atoms with van der Waals surface area (Å²) in [6.07, 6.45) is 5.34. The Hall–Kier alpha value is -1.90. The molecule has 146 valence electrons. The molecule has 0 aliphatic heterocycles. The van der Waals surface area contributed by atoms with Gasteiger partial charge in [0, 0.05) is 0 Å². The first-order valence-corrected chi connectivity index (χ1v) is 12.2. The van der Waals surface area contributed by atoms with E-state index in [-0.39, 0.29) is 16.3 Å². The van der Waals surface area contributed by atoms with Gasteiger partial charge in [0.25, 0.3) is 0 Å². The number of benzene rings is 2. The van der Waals surface area contributed by atoms with Crippen molar-refractivity contribution in [1.29, 1.82) is 0 Å². The molecule has 0 atom stereocenters. The number of aryl methyl sites for hydroxylation is 1. The molecule has 1 aliphatic rings. The van der Waals surface area contributed by atoms with Gasteiger partial charge >= 0.3 is 0 Å². The zero-order valence-corrected chi connectivity index (χ0v) is 16.6. The molecule has 2 aromatic carbocycles. The Kier molecular flexibility index (Phi) is 5.88. The predicted molar refractivity (Wildman–Crippen MR) is 107 cm³/mol. The molecule has 0 heterocycles. The molecular weight excluding hydrogens is 384 g/mol. The smallest absolute Gasteiger partial charge is 0.240 e. The summed E-state index contributed by atoms with van der Waals surface area (Å²) in [4.78, 5) is -0.241. The minimum absolute atomic E-state index is 0.0309. The molecule has 2 aromatic rings. The van der Waals surface area contributed by atoms with Gasteiger partial charge in [-0.2, -0.15) is 0 Å². The third-order valence-electron chi connectivity index (χ3n) is 4.92. The Labute approximate surface area is 160 Å². The maximum Gasteiger partial charge on any atom is 0.240 e. The van der Waals surface area contributed by atoms with Crippen LogP contribution in [0.15, 0.2) is 53.4 Å². The van der Waals surface area contributed by atoms with Crippen LogP contribution in [0.1, 0.15) is 42.7 Å². The third-order valence-corrected chi connectivity index (χ3v) is 7.17. The minimum atomic E-state index is -4.01. The number of primary sulfonamides is 1. The largest absolute Gasteiger partial charge is 0.282 e. The van der Waals surface area contributed by atoms with E-state index in [2.05, 4.69) is 16.9 Å². The van der Waals surface area contributed by atoms with Gasteiger partial charge in [0.05, 0.1) is 11.4 Å². The van der Waals surface area contributed by atoms with Crippen LogP contribution >= 0.6 is 0 Å². The molecule has 0 unspecified atom stereocenters. The summed E-state index contributed by atoms with van der Waals surface area (Å²) in [6.45, 7) is 0. The number of sulfonamides is 2. The molecule has 6 nitrogen and oxygen atoms in total. The van der Waals surface area contributed by atoms with Crippen LogP contribution in [-0.4, -0.2) is 22.6 Å². The molecule has 0 saturated heterocycles. The van der Waals surface area contributed by atoms with E-state index in [4.69, 9.17) is 5.14 Å². The highest BCUT2D eigenvalue weighted by Crippen LogP contribution is 2.34. The quantitative estimate of drug-likeness (QED) is 0.734. The van der Waals surface area contributed by atoms with Crippen LogP contribution < -0.4 is 9.86 Å². The summed E-state index contributed by atoms with van der Waals surface area (Å²) in [5, 5.41) is 5.14. The molecule has 1 fully saturated rings. The van der Waals surface area contributed by atoms with E-state index in [1.807, 2.05) is 12.1 Å². The van der Waals surface area contributed by atoms with Gasteiger partial charge < -0.3 is 0 Å². The Morgan fingerprint density at radius 1 is 0.926 bits per heavy atom. The number of nitrogens with one attached hydrogen (secondary N) is 1. The van der Waals surface area contributed by atoms with Crippen molar-refractivity contribution in [2.75, 3.05) is 10.5 Å². The summed E-state index contributed by atoms with van der Waals surface area (Å²) in [5.74, 6) is 0.480. The zero-order chi connectivity index (χ0) is 19.5. The van der Waals surface area contributed by atoms with Crippen molar-refractivity contribution in [2.45, 2.75) is 42.9 Å². The van der Waals surface area contributed by atoms with E-state index in [1.54, 1.807) is 6.07 Å². The molecule has 3 rings (SSSR count). The van der Waals surface area contributed by atoms with Crippen molar-refractivity contribution in [2.24, 2.45) is 5.14 Å². The standard InChI is InChI=1S/C19H24N2O4S2/c20-27(24,25)19-8-4-3-7-18(19)21-26(22,23)14-13-15-9-11-17(12-10-15)16-5-1-2-6-16/h3-4,7-12,16,21H,1-2,5-6,13-14H2,(H2,20,24,25). The fraction of sp³-hybridized carbons (Fsp3) is 0.368. The average molecular weight is 409 g/mol. The van der Waals surface area contributed by atoms with Crippen molar-refractivity contribution in [3.05, 3.63) is 59.7 Å². The van der Waals surface area contributed by atoms with E-state index in [0.717, 1.165) is 5.56 Å². The lowest BCUT2D eigenvalue weighted by Gasteiger charge is -2.12. The molecule has 8 heteroatoms. The topological polar surface area (TPSA) is 106 Å². The monoisotopic (exact) mass is 408 g/mol. The second kappa shape index (κ2) is 8.00. The highest BCUT2D eigenvalue weighted by atomic mass is 32.2. The van der Waals surface area contributed by atoms with Crippen LogP contribution in [0, 0.1) is 0 Å². The van der Waals surface area contributed by atoms with Crippen molar-refractivity contribution in [3.63, 3.8) is 0 Å². The second-order valence-corrected chi connectivity index (χ2v) is 10.3. The Morgan fingerprint density at radius 3 is 2.19 bits per heavy atom. The molecule has 1 saturated carbocycles. The van der Waals surface area contributed by atoms with Gasteiger partial charge in [0.2, 0.25) is 20.0 Å². The molecule has 0 spiro atoms. The molecule has 3 N–H and O–H groups in total. The van der Waals surface area contributed by atoms with Crippen molar-refractivity contribution < 1.29 is 16.8 Å². The molecule has 0 amide bonds. The van der Waals surface area contributed by atoms with Gasteiger partial charge in [-0.15, -0.1) is 0 Å². The van der Waals surface area contributed by atoms with Crippen LogP contribution in [0.25, 0.3) is 0 Å². The predicted octanol–water partition coefficient (Wildman–Crippen LogP) is 2.98. The van der Waals surface area contributed by atoms with E-state index < -0.39 is 20.0 Å². The lowest BCUT2D eigenvalue weighted by atomic mass is 9.96. The highest BCUT2D eigenvalue weighted by molar-refractivity contribution is 7.93. The fourth-order valence-electron chi connectivity index (χ4n) is 3.49. The number of hydrogen-bond donors (Lipinski definition) is 2. The van der Waals surface area contributed by atoms with E-state index in [0.29, 0.717) is 12.3 Å². The lowest BCUT2D eigenvalue weighted by Crippen LogP contribution is -2.21. The summed E-state index contributed by atoms with van der Waals surface area (Å²) in [5.41, 5.74) is 2.22. The van der Waals surface area contributed by atoms with E-state index in [1.165, 1.54) is 49.4 Å². The van der Waals surface area contributed by atoms with Crippen LogP contribution in [0.4, 0.5) is 5.69 Å². The molecule has 0 bridgehead atoms. The molecule has 27 heavy (non-hydrogen) atoms. The van der Waals surface area contributed by atoms with Gasteiger partial charge in [-0.25, -0.2) is 22.0 Å². The van der Waals surface area contributed by atoms with Gasteiger partial charge in [-0.05, 0) is 48.4 Å². The maximum atomic E-state index is 12.4. The SMILES string of the molecule is NS(=O)(=O)c1ccccc1NS(=O)(=O)CCc1ccc(C2CCCC2)cc1. The first-order chi connectivity index (χ1) is 12.7. The maximum absolute atomic E-state index is 12.4. The average Bonchev–Trinajstić information content (AvgIpc) is 3.14. The minimum Gasteiger partial charge on any atom is -0.282 e. The fourth-order valence-corrected chi connectivity index (χ4v) is 5.36. The van der Waals surface area contributed by atoms with Gasteiger partial charge in [-0.1, -0.05) is 49.2 Å². The Balaban J connectivity index is 1.65. The van der Waals surface area contributed by atoms with Crippen molar-refractivity contribution >= 4 is 25.7 Å². The number of para-hydroxylation sites is 1. The number of nitrogens with two attached hydrogens (primary N) is 1. The Morgan fingerprint density at radius 2 is 1.56 bits per heavy atom. The van der Waals surface area contributed by atoms with Gasteiger partial charge in [-0.3, -0.25) is 4.72 Å². The summed E-state index contributed by atoms with van der Waals surface area (Å²) >= 11 is 0.